The first-order valence-electron chi connectivity index (χ1n) is 10.3. The van der Waals surface area contributed by atoms with Gasteiger partial charge in [-0.3, -0.25) is 14.4 Å². The molecule has 29 heavy (non-hydrogen) atoms. The first-order valence-corrected chi connectivity index (χ1v) is 10.3. The molecular formula is C24H31N3O2. The molecule has 5 heteroatoms. The van der Waals surface area contributed by atoms with Crippen LogP contribution in [-0.4, -0.2) is 16.3 Å². The van der Waals surface area contributed by atoms with E-state index in [0.717, 1.165) is 36.8 Å². The second-order valence-electron chi connectivity index (χ2n) is 8.98. The van der Waals surface area contributed by atoms with E-state index in [2.05, 4.69) is 37.5 Å². The van der Waals surface area contributed by atoms with Gasteiger partial charge >= 0.3 is 5.69 Å². The van der Waals surface area contributed by atoms with Gasteiger partial charge in [0.05, 0.1) is 10.9 Å². The molecule has 1 fully saturated rings. The number of hydrogen-bond donors (Lipinski definition) is 1. The van der Waals surface area contributed by atoms with E-state index in [9.17, 15) is 9.59 Å². The molecule has 0 radical (unpaired) electrons. The van der Waals surface area contributed by atoms with Crippen molar-refractivity contribution in [1.82, 2.24) is 9.55 Å². The summed E-state index contributed by atoms with van der Waals surface area (Å²) in [7, 11) is 0. The highest BCUT2D eigenvalue weighted by atomic mass is 16.2. The van der Waals surface area contributed by atoms with Crippen molar-refractivity contribution in [3.63, 3.8) is 0 Å². The van der Waals surface area contributed by atoms with Crippen LogP contribution in [0.5, 0.6) is 0 Å². The van der Waals surface area contributed by atoms with Crippen molar-refractivity contribution >= 4 is 23.2 Å². The van der Waals surface area contributed by atoms with Crippen LogP contribution in [0.25, 0.3) is 16.5 Å². The van der Waals surface area contributed by atoms with Crippen molar-refractivity contribution in [3.8, 4) is 0 Å². The number of rotatable bonds is 4. The third kappa shape index (κ3) is 4.34. The van der Waals surface area contributed by atoms with Gasteiger partial charge in [0.1, 0.15) is 0 Å². The van der Waals surface area contributed by atoms with Gasteiger partial charge in [-0.2, -0.15) is 0 Å². The summed E-state index contributed by atoms with van der Waals surface area (Å²) in [6.45, 7) is 12.2. The average Bonchev–Trinajstić information content (AvgIpc) is 2.68. The van der Waals surface area contributed by atoms with Crippen molar-refractivity contribution in [3.05, 3.63) is 63.0 Å². The molecule has 0 saturated heterocycles. The molecule has 0 spiro atoms. The summed E-state index contributed by atoms with van der Waals surface area (Å²) in [4.78, 5) is 32.7. The van der Waals surface area contributed by atoms with E-state index in [0.29, 0.717) is 16.8 Å². The zero-order chi connectivity index (χ0) is 21.2. The van der Waals surface area contributed by atoms with Gasteiger partial charge in [-0.05, 0) is 80.0 Å². The lowest BCUT2D eigenvalue weighted by Crippen LogP contribution is -2.40. The SMILES string of the molecule is C=N/C=C\C(=C/C)c1ccc2[nH]c(=O)n(C3CCC(C(C)(C)C)CC3)c(=O)c2c1. The molecule has 1 N–H and O–H groups in total. The van der Waals surface area contributed by atoms with Gasteiger partial charge in [0.2, 0.25) is 0 Å². The second kappa shape index (κ2) is 8.36. The van der Waals surface area contributed by atoms with E-state index < -0.39 is 0 Å². The summed E-state index contributed by atoms with van der Waals surface area (Å²) in [5.41, 5.74) is 2.18. The second-order valence-corrected chi connectivity index (χ2v) is 8.98. The lowest BCUT2D eigenvalue weighted by molar-refractivity contribution is 0.149. The Morgan fingerprint density at radius 1 is 1.21 bits per heavy atom. The van der Waals surface area contributed by atoms with Crippen molar-refractivity contribution in [2.24, 2.45) is 16.3 Å². The molecule has 0 atom stereocenters. The molecule has 0 aliphatic heterocycles. The van der Waals surface area contributed by atoms with Gasteiger partial charge in [-0.25, -0.2) is 4.79 Å². The largest absolute Gasteiger partial charge is 0.329 e. The maximum atomic E-state index is 13.3. The van der Waals surface area contributed by atoms with Gasteiger partial charge in [0, 0.05) is 12.2 Å². The predicted octanol–water partition coefficient (Wildman–Crippen LogP) is 5.08. The molecule has 2 aromatic rings. The van der Waals surface area contributed by atoms with E-state index in [4.69, 9.17) is 0 Å². The Balaban J connectivity index is 2.02. The van der Waals surface area contributed by atoms with Crippen LogP contribution in [0, 0.1) is 11.3 Å². The summed E-state index contributed by atoms with van der Waals surface area (Å²) in [5.74, 6) is 0.628. The summed E-state index contributed by atoms with van der Waals surface area (Å²) in [6, 6.07) is 5.52. The zero-order valence-electron chi connectivity index (χ0n) is 17.9. The average molecular weight is 394 g/mol. The van der Waals surface area contributed by atoms with Crippen molar-refractivity contribution < 1.29 is 0 Å². The monoisotopic (exact) mass is 393 g/mol. The summed E-state index contributed by atoms with van der Waals surface area (Å²) >= 11 is 0. The minimum Gasteiger partial charge on any atom is -0.307 e. The van der Waals surface area contributed by atoms with Crippen LogP contribution < -0.4 is 11.2 Å². The molecule has 0 unspecified atom stereocenters. The molecule has 1 aliphatic rings. The number of allylic oxidation sites excluding steroid dienone is 3. The number of aromatic amines is 1. The van der Waals surface area contributed by atoms with Crippen LogP contribution in [0.2, 0.25) is 0 Å². The molecule has 1 aromatic carbocycles. The van der Waals surface area contributed by atoms with Gasteiger partial charge in [0.25, 0.3) is 5.56 Å². The number of aromatic nitrogens is 2. The maximum Gasteiger partial charge on any atom is 0.329 e. The summed E-state index contributed by atoms with van der Waals surface area (Å²) in [5, 5.41) is 0.541. The molecule has 0 amide bonds. The smallest absolute Gasteiger partial charge is 0.307 e. The van der Waals surface area contributed by atoms with Crippen LogP contribution in [0.1, 0.15) is 65.0 Å². The van der Waals surface area contributed by atoms with Crippen LogP contribution >= 0.6 is 0 Å². The number of benzene rings is 1. The predicted molar refractivity (Wildman–Crippen MR) is 122 cm³/mol. The first-order chi connectivity index (χ1) is 13.8. The number of fused-ring (bicyclic) bond motifs is 1. The van der Waals surface area contributed by atoms with Gasteiger partial charge in [0.15, 0.2) is 0 Å². The first kappa shape index (κ1) is 21.0. The lowest BCUT2D eigenvalue weighted by Gasteiger charge is -2.37. The minimum absolute atomic E-state index is 0.0380. The summed E-state index contributed by atoms with van der Waals surface area (Å²) in [6.07, 6.45) is 9.25. The summed E-state index contributed by atoms with van der Waals surface area (Å²) < 4.78 is 1.45. The standard InChI is InChI=1S/C24H31N3O2/c1-6-16(13-14-25-5)17-7-12-21-20(15-17)22(28)27(23(29)26-21)19-10-8-18(9-11-19)24(2,3)4/h6-7,12-15,18-19H,5,8-11H2,1-4H3,(H,26,29)/b14-13-,16-6+. The van der Waals surface area contributed by atoms with Crippen molar-refractivity contribution in [2.75, 3.05) is 0 Å². The molecule has 0 bridgehead atoms. The van der Waals surface area contributed by atoms with E-state index >= 15 is 0 Å². The highest BCUT2D eigenvalue weighted by Gasteiger charge is 2.31. The van der Waals surface area contributed by atoms with Crippen molar-refractivity contribution in [1.29, 1.82) is 0 Å². The minimum atomic E-state index is -0.309. The molecule has 1 aromatic heterocycles. The highest BCUT2D eigenvalue weighted by Crippen LogP contribution is 2.40. The normalized spacial score (nSPS) is 21.0. The number of aliphatic imine (C=N–C) groups is 1. The third-order valence-electron chi connectivity index (χ3n) is 6.22. The fraction of sp³-hybridized carbons (Fsp3) is 0.458. The Bertz CT molecular complexity index is 1070. The number of H-pyrrole nitrogens is 1. The number of hydrogen-bond acceptors (Lipinski definition) is 3. The van der Waals surface area contributed by atoms with Gasteiger partial charge in [-0.1, -0.05) is 32.9 Å². The molecule has 1 saturated carbocycles. The fourth-order valence-corrected chi connectivity index (χ4v) is 4.43. The van der Waals surface area contributed by atoms with E-state index in [-0.39, 0.29) is 22.7 Å². The van der Waals surface area contributed by atoms with Gasteiger partial charge in [-0.15, -0.1) is 0 Å². The Labute approximate surface area is 171 Å². The maximum absolute atomic E-state index is 13.3. The van der Waals surface area contributed by atoms with E-state index in [1.54, 1.807) is 12.3 Å². The highest BCUT2D eigenvalue weighted by molar-refractivity contribution is 5.84. The Kier molecular flexibility index (Phi) is 6.06. The van der Waals surface area contributed by atoms with Crippen LogP contribution in [0.4, 0.5) is 0 Å². The van der Waals surface area contributed by atoms with E-state index in [1.165, 1.54) is 4.57 Å². The van der Waals surface area contributed by atoms with Crippen LogP contribution in [-0.2, 0) is 0 Å². The molecular weight excluding hydrogens is 362 g/mol. The van der Waals surface area contributed by atoms with Gasteiger partial charge < -0.3 is 4.98 Å². The number of nitrogens with zero attached hydrogens (tertiary/aromatic N) is 2. The molecule has 3 rings (SSSR count). The topological polar surface area (TPSA) is 67.2 Å². The Morgan fingerprint density at radius 2 is 1.90 bits per heavy atom. The molecule has 5 nitrogen and oxygen atoms in total. The van der Waals surface area contributed by atoms with Crippen molar-refractivity contribution in [2.45, 2.75) is 59.4 Å². The molecule has 154 valence electrons. The fourth-order valence-electron chi connectivity index (χ4n) is 4.43. The van der Waals surface area contributed by atoms with Crippen LogP contribution in [0.3, 0.4) is 0 Å². The molecule has 1 heterocycles. The van der Waals surface area contributed by atoms with E-state index in [1.807, 2.05) is 31.2 Å². The molecule has 1 aliphatic carbocycles. The third-order valence-corrected chi connectivity index (χ3v) is 6.22. The Morgan fingerprint density at radius 3 is 2.48 bits per heavy atom. The zero-order valence-corrected chi connectivity index (χ0v) is 17.9. The lowest BCUT2D eigenvalue weighted by atomic mass is 9.71. The quantitative estimate of drug-likeness (QED) is 0.581. The van der Waals surface area contributed by atoms with Crippen LogP contribution in [0.15, 0.2) is 51.1 Å². The number of nitrogens with one attached hydrogen (secondary N) is 1. The Hall–Kier alpha value is -2.69.